The first kappa shape index (κ1) is 11.5. The Morgan fingerprint density at radius 2 is 2.00 bits per heavy atom. The summed E-state index contributed by atoms with van der Waals surface area (Å²) in [5.74, 6) is 1.82. The topological polar surface area (TPSA) is 37.8 Å². The predicted molar refractivity (Wildman–Crippen MR) is 65.0 cm³/mol. The van der Waals surface area contributed by atoms with Crippen molar-refractivity contribution in [3.8, 4) is 0 Å². The monoisotopic (exact) mass is 219 g/mol. The summed E-state index contributed by atoms with van der Waals surface area (Å²) in [4.78, 5) is 8.73. The highest BCUT2D eigenvalue weighted by molar-refractivity contribution is 4.96. The number of nitrogens with zero attached hydrogens (tertiary/aromatic N) is 2. The number of hydrogen-bond acceptors (Lipinski definition) is 3. The third kappa shape index (κ3) is 3.01. The first-order chi connectivity index (χ1) is 7.90. The number of nitrogens with one attached hydrogen (secondary N) is 1. The van der Waals surface area contributed by atoms with Gasteiger partial charge in [0.15, 0.2) is 0 Å². The van der Waals surface area contributed by atoms with Gasteiger partial charge in [-0.25, -0.2) is 9.97 Å². The van der Waals surface area contributed by atoms with E-state index < -0.39 is 0 Å². The highest BCUT2D eigenvalue weighted by Crippen LogP contribution is 2.31. The highest BCUT2D eigenvalue weighted by atomic mass is 15.0. The smallest absolute Gasteiger partial charge is 0.145 e. The van der Waals surface area contributed by atoms with E-state index in [1.165, 1.54) is 32.1 Å². The van der Waals surface area contributed by atoms with Crippen molar-refractivity contribution >= 4 is 0 Å². The Hall–Kier alpha value is -0.960. The first-order valence-corrected chi connectivity index (χ1v) is 6.40. The van der Waals surface area contributed by atoms with Gasteiger partial charge in [0.25, 0.3) is 0 Å². The molecule has 1 N–H and O–H groups in total. The molecule has 1 aromatic rings. The van der Waals surface area contributed by atoms with E-state index in [2.05, 4.69) is 22.2 Å². The molecule has 16 heavy (non-hydrogen) atoms. The van der Waals surface area contributed by atoms with Crippen molar-refractivity contribution in [2.24, 2.45) is 5.92 Å². The summed E-state index contributed by atoms with van der Waals surface area (Å²) < 4.78 is 0. The van der Waals surface area contributed by atoms with Crippen LogP contribution in [0.1, 0.15) is 50.9 Å². The van der Waals surface area contributed by atoms with Gasteiger partial charge in [-0.2, -0.15) is 0 Å². The zero-order valence-corrected chi connectivity index (χ0v) is 10.0. The van der Waals surface area contributed by atoms with Crippen LogP contribution in [0.2, 0.25) is 0 Å². The molecular formula is C13H21N3. The lowest BCUT2D eigenvalue weighted by Crippen LogP contribution is -2.24. The van der Waals surface area contributed by atoms with Crippen LogP contribution < -0.4 is 5.32 Å². The number of aromatic nitrogens is 2. The van der Waals surface area contributed by atoms with E-state index in [1.807, 2.05) is 18.5 Å². The lowest BCUT2D eigenvalue weighted by atomic mass is 9.98. The molecule has 1 atom stereocenters. The van der Waals surface area contributed by atoms with E-state index in [0.29, 0.717) is 6.04 Å². The Morgan fingerprint density at radius 1 is 1.31 bits per heavy atom. The number of hydrogen-bond donors (Lipinski definition) is 1. The zero-order chi connectivity index (χ0) is 11.2. The molecule has 3 heteroatoms. The minimum absolute atomic E-state index is 0.342. The summed E-state index contributed by atoms with van der Waals surface area (Å²) in [6, 6.07) is 2.22. The molecule has 0 spiro atoms. The lowest BCUT2D eigenvalue weighted by molar-refractivity contribution is 0.388. The first-order valence-electron chi connectivity index (χ1n) is 6.40. The van der Waals surface area contributed by atoms with Gasteiger partial charge in [0, 0.05) is 12.4 Å². The summed E-state index contributed by atoms with van der Waals surface area (Å²) in [5.41, 5.74) is 0. The largest absolute Gasteiger partial charge is 0.308 e. The molecule has 0 amide bonds. The van der Waals surface area contributed by atoms with Gasteiger partial charge in [-0.1, -0.05) is 32.6 Å². The molecule has 0 saturated heterocycles. The molecule has 1 saturated carbocycles. The van der Waals surface area contributed by atoms with Crippen molar-refractivity contribution in [3.05, 3.63) is 24.3 Å². The molecule has 2 rings (SSSR count). The fraction of sp³-hybridized carbons (Fsp3) is 0.692. The molecule has 1 aromatic heterocycles. The highest BCUT2D eigenvalue weighted by Gasteiger charge is 2.21. The maximum absolute atomic E-state index is 4.37. The van der Waals surface area contributed by atoms with Gasteiger partial charge >= 0.3 is 0 Å². The van der Waals surface area contributed by atoms with Crippen LogP contribution in [0.25, 0.3) is 0 Å². The Labute approximate surface area is 97.7 Å². The minimum atomic E-state index is 0.342. The van der Waals surface area contributed by atoms with Crippen LogP contribution in [0, 0.1) is 5.92 Å². The van der Waals surface area contributed by atoms with E-state index in [-0.39, 0.29) is 0 Å². The molecular weight excluding hydrogens is 198 g/mol. The quantitative estimate of drug-likeness (QED) is 0.827. The maximum Gasteiger partial charge on any atom is 0.145 e. The molecule has 0 bridgehead atoms. The average molecular weight is 219 g/mol. The third-order valence-corrected chi connectivity index (χ3v) is 3.39. The molecule has 1 fully saturated rings. The normalized spacial score (nSPS) is 18.8. The van der Waals surface area contributed by atoms with Crippen molar-refractivity contribution in [1.29, 1.82) is 0 Å². The molecule has 1 heterocycles. The van der Waals surface area contributed by atoms with E-state index in [1.54, 1.807) is 0 Å². The zero-order valence-electron chi connectivity index (χ0n) is 10.0. The fourth-order valence-corrected chi connectivity index (χ4v) is 2.60. The Morgan fingerprint density at radius 3 is 2.62 bits per heavy atom. The Bertz CT molecular complexity index is 293. The van der Waals surface area contributed by atoms with Gasteiger partial charge in [0.05, 0.1) is 6.04 Å². The summed E-state index contributed by atoms with van der Waals surface area (Å²) in [7, 11) is 0. The SMILES string of the molecule is CCNC(CC1CCCC1)c1ncccn1. The van der Waals surface area contributed by atoms with Crippen LogP contribution in [0.4, 0.5) is 0 Å². The van der Waals surface area contributed by atoms with Gasteiger partial charge < -0.3 is 5.32 Å². The molecule has 0 radical (unpaired) electrons. The minimum Gasteiger partial charge on any atom is -0.308 e. The van der Waals surface area contributed by atoms with Crippen molar-refractivity contribution in [2.45, 2.75) is 45.1 Å². The number of rotatable bonds is 5. The molecule has 1 unspecified atom stereocenters. The summed E-state index contributed by atoms with van der Waals surface area (Å²) in [6.45, 7) is 3.13. The van der Waals surface area contributed by atoms with Crippen LogP contribution in [-0.2, 0) is 0 Å². The van der Waals surface area contributed by atoms with Crippen molar-refractivity contribution in [2.75, 3.05) is 6.54 Å². The summed E-state index contributed by atoms with van der Waals surface area (Å²) >= 11 is 0. The maximum atomic E-state index is 4.37. The van der Waals surface area contributed by atoms with Crippen LogP contribution >= 0.6 is 0 Å². The van der Waals surface area contributed by atoms with Gasteiger partial charge in [0.1, 0.15) is 5.82 Å². The summed E-state index contributed by atoms with van der Waals surface area (Å²) in [6.07, 6.45) is 10.4. The van der Waals surface area contributed by atoms with Gasteiger partial charge in [-0.05, 0) is 24.9 Å². The van der Waals surface area contributed by atoms with Crippen molar-refractivity contribution in [1.82, 2.24) is 15.3 Å². The van der Waals surface area contributed by atoms with Gasteiger partial charge in [-0.3, -0.25) is 0 Å². The molecule has 0 aromatic carbocycles. The molecule has 1 aliphatic carbocycles. The molecule has 3 nitrogen and oxygen atoms in total. The second-order valence-electron chi connectivity index (χ2n) is 4.60. The third-order valence-electron chi connectivity index (χ3n) is 3.39. The second kappa shape index (κ2) is 5.94. The Kier molecular flexibility index (Phi) is 4.28. The average Bonchev–Trinajstić information content (AvgIpc) is 2.83. The lowest BCUT2D eigenvalue weighted by Gasteiger charge is -2.19. The van der Waals surface area contributed by atoms with Crippen LogP contribution in [0.3, 0.4) is 0 Å². The predicted octanol–water partition coefficient (Wildman–Crippen LogP) is 2.71. The van der Waals surface area contributed by atoms with Gasteiger partial charge in [-0.15, -0.1) is 0 Å². The Balaban J connectivity index is 1.99. The van der Waals surface area contributed by atoms with Crippen molar-refractivity contribution in [3.63, 3.8) is 0 Å². The van der Waals surface area contributed by atoms with E-state index in [4.69, 9.17) is 0 Å². The van der Waals surface area contributed by atoms with E-state index in [0.717, 1.165) is 18.3 Å². The van der Waals surface area contributed by atoms with Gasteiger partial charge in [0.2, 0.25) is 0 Å². The van der Waals surface area contributed by atoms with Crippen LogP contribution in [0.5, 0.6) is 0 Å². The molecule has 88 valence electrons. The summed E-state index contributed by atoms with van der Waals surface area (Å²) in [5, 5.41) is 3.50. The van der Waals surface area contributed by atoms with Crippen molar-refractivity contribution < 1.29 is 0 Å². The fourth-order valence-electron chi connectivity index (χ4n) is 2.60. The standard InChI is InChI=1S/C13H21N3/c1-2-14-12(10-11-6-3-4-7-11)13-15-8-5-9-16-13/h5,8-9,11-12,14H,2-4,6-7,10H2,1H3. The van der Waals surface area contributed by atoms with Crippen LogP contribution in [0.15, 0.2) is 18.5 Å². The molecule has 0 aliphatic heterocycles. The second-order valence-corrected chi connectivity index (χ2v) is 4.60. The van der Waals surface area contributed by atoms with Crippen LogP contribution in [-0.4, -0.2) is 16.5 Å². The van der Waals surface area contributed by atoms with E-state index >= 15 is 0 Å². The molecule has 1 aliphatic rings. The van der Waals surface area contributed by atoms with E-state index in [9.17, 15) is 0 Å².